The third-order valence-electron chi connectivity index (χ3n) is 0.185. The van der Waals surface area contributed by atoms with Crippen molar-refractivity contribution in [2.45, 2.75) is 0 Å². The van der Waals surface area contributed by atoms with E-state index in [0.717, 1.165) is 0 Å². The van der Waals surface area contributed by atoms with Gasteiger partial charge in [0.25, 0.3) is 0 Å². The van der Waals surface area contributed by atoms with Gasteiger partial charge in [-0.3, -0.25) is 4.55 Å². The molecule has 0 aliphatic carbocycles. The minimum Gasteiger partial charge on any atom is -0.789 e. The molecule has 0 radical (unpaired) electrons. The molecular weight excluding hydrogens is 221 g/mol. The van der Waals surface area contributed by atoms with E-state index < -0.39 is 18.2 Å². The summed E-state index contributed by atoms with van der Waals surface area (Å²) in [5.74, 6) is 0. The van der Waals surface area contributed by atoms with Crippen LogP contribution in [0.1, 0.15) is 0 Å². The third-order valence-corrected chi connectivity index (χ3v) is 1.67. The van der Waals surface area contributed by atoms with Crippen molar-refractivity contribution < 1.29 is 90.4 Å². The molecule has 0 saturated carbocycles. The van der Waals surface area contributed by atoms with E-state index in [-0.39, 0.29) is 59.1 Å². The normalized spacial score (nSPS) is 11.2. The minimum atomic E-state index is -5.63. The Balaban J connectivity index is -0.000000320. The molecule has 0 spiro atoms. The van der Waals surface area contributed by atoms with Crippen molar-refractivity contribution in [1.29, 1.82) is 0 Å². The van der Waals surface area contributed by atoms with Crippen LogP contribution in [0.3, 0.4) is 0 Å². The van der Waals surface area contributed by atoms with Crippen LogP contribution < -0.4 is 68.9 Å². The first-order chi connectivity index (χ1) is 3.71. The van der Waals surface area contributed by atoms with Gasteiger partial charge in [0.15, 0.2) is 0 Å². The molecule has 11 heavy (non-hydrogen) atoms. The maximum Gasteiger partial charge on any atom is 1.00 e. The molecule has 0 bridgehead atoms. The quantitative estimate of drug-likeness (QED) is 0.279. The van der Waals surface area contributed by atoms with E-state index in [4.69, 9.17) is 4.55 Å². The Bertz CT molecular complexity index is 223. The van der Waals surface area contributed by atoms with Gasteiger partial charge in [-0.25, -0.2) is 3.97 Å². The average Bonchev–Trinajstić information content (AvgIpc) is 1.14. The second-order valence-corrected chi connectivity index (χ2v) is 3.30. The predicted molar refractivity (Wildman–Crippen MR) is 20.2 cm³/mol. The van der Waals surface area contributed by atoms with Crippen LogP contribution in [0.25, 0.3) is 0 Å². The second kappa shape index (κ2) is 6.47. The van der Waals surface area contributed by atoms with Crippen molar-refractivity contribution >= 4 is 18.2 Å². The van der Waals surface area contributed by atoms with Crippen LogP contribution in [-0.2, 0) is 18.9 Å². The Labute approximate surface area is 107 Å². The number of rotatable bonds is 2. The Morgan fingerprint density at radius 2 is 1.55 bits per heavy atom. The zero-order valence-corrected chi connectivity index (χ0v) is 11.5. The third kappa shape index (κ3) is 18.8. The number of phosphoric acid groups is 1. The zero-order valence-electron chi connectivity index (χ0n) is 5.75. The summed E-state index contributed by atoms with van der Waals surface area (Å²) < 4.78 is 38.3. The SMILES string of the molecule is O=P([O-])([O-])OS(=O)(=O)O.[Na+].[Na+]. The fourth-order valence-electron chi connectivity index (χ4n) is 0.115. The van der Waals surface area contributed by atoms with Gasteiger partial charge in [-0.15, -0.1) is 0 Å². The number of hydrogen-bond donors (Lipinski definition) is 1. The van der Waals surface area contributed by atoms with Crippen LogP contribution in [0.15, 0.2) is 0 Å². The van der Waals surface area contributed by atoms with Crippen molar-refractivity contribution in [3.05, 3.63) is 0 Å². The van der Waals surface area contributed by atoms with E-state index in [9.17, 15) is 22.8 Å². The van der Waals surface area contributed by atoms with Crippen molar-refractivity contribution in [2.75, 3.05) is 0 Å². The fraction of sp³-hybridized carbons (Fsp3) is 0. The van der Waals surface area contributed by atoms with Crippen molar-refractivity contribution in [2.24, 2.45) is 0 Å². The minimum absolute atomic E-state index is 0. The van der Waals surface area contributed by atoms with Crippen molar-refractivity contribution in [3.63, 3.8) is 0 Å². The van der Waals surface area contributed by atoms with Gasteiger partial charge in [0.1, 0.15) is 0 Å². The van der Waals surface area contributed by atoms with Crippen LogP contribution >= 0.6 is 7.82 Å². The van der Waals surface area contributed by atoms with Gasteiger partial charge in [-0.05, 0) is 0 Å². The summed E-state index contributed by atoms with van der Waals surface area (Å²) in [6.07, 6.45) is 0. The summed E-state index contributed by atoms with van der Waals surface area (Å²) in [5, 5.41) is 0. The molecule has 0 aliphatic rings. The molecule has 0 unspecified atom stereocenters. The summed E-state index contributed by atoms with van der Waals surface area (Å²) in [6, 6.07) is 0. The molecule has 0 rings (SSSR count). The van der Waals surface area contributed by atoms with Crippen LogP contribution in [0.2, 0.25) is 0 Å². The maximum absolute atomic E-state index is 9.41. The van der Waals surface area contributed by atoms with E-state index >= 15 is 0 Å². The Morgan fingerprint density at radius 3 is 1.55 bits per heavy atom. The summed E-state index contributed by atoms with van der Waals surface area (Å²) in [6.45, 7) is 0. The summed E-state index contributed by atoms with van der Waals surface area (Å²) in [4.78, 5) is 18.7. The van der Waals surface area contributed by atoms with Gasteiger partial charge >= 0.3 is 69.5 Å². The Hall–Kier alpha value is 2.02. The van der Waals surface area contributed by atoms with E-state index in [2.05, 4.69) is 3.97 Å². The van der Waals surface area contributed by atoms with E-state index in [0.29, 0.717) is 0 Å². The molecule has 56 valence electrons. The van der Waals surface area contributed by atoms with Gasteiger partial charge in [0.05, 0.1) is 7.82 Å². The van der Waals surface area contributed by atoms with Gasteiger partial charge in [-0.1, -0.05) is 0 Å². The molecule has 0 aromatic heterocycles. The molecule has 0 atom stereocenters. The molecule has 0 heterocycles. The molecule has 0 saturated heterocycles. The molecule has 0 amide bonds. The summed E-state index contributed by atoms with van der Waals surface area (Å²) in [7, 11) is -10.8. The standard InChI is InChI=1S/2Na.H3O7PS/c;;1-8(2,3)7-9(4,5)6/h;;(H2,1,2,3)(H,4,5,6)/q2*+1;/p-2. The fourth-order valence-corrected chi connectivity index (χ4v) is 1.04. The first-order valence-electron chi connectivity index (χ1n) is 1.41. The van der Waals surface area contributed by atoms with Gasteiger partial charge in [0, 0.05) is 0 Å². The molecular formula is HNa2O7PS. The zero-order chi connectivity index (χ0) is 7.71. The van der Waals surface area contributed by atoms with Crippen LogP contribution in [0.4, 0.5) is 0 Å². The van der Waals surface area contributed by atoms with E-state index in [1.54, 1.807) is 0 Å². The summed E-state index contributed by atoms with van der Waals surface area (Å²) in [5.41, 5.74) is 0. The maximum atomic E-state index is 9.41. The van der Waals surface area contributed by atoms with Gasteiger partial charge in [0.2, 0.25) is 0 Å². The smallest absolute Gasteiger partial charge is 0.789 e. The van der Waals surface area contributed by atoms with E-state index in [1.165, 1.54) is 0 Å². The monoisotopic (exact) mass is 222 g/mol. The average molecular weight is 222 g/mol. The first-order valence-corrected chi connectivity index (χ1v) is 4.24. The van der Waals surface area contributed by atoms with Crippen molar-refractivity contribution in [3.8, 4) is 0 Å². The topological polar surface area (TPSA) is 127 Å². The van der Waals surface area contributed by atoms with Crippen LogP contribution in [0.5, 0.6) is 0 Å². The first kappa shape index (κ1) is 18.7. The second-order valence-electron chi connectivity index (χ2n) is 0.949. The van der Waals surface area contributed by atoms with Gasteiger partial charge < -0.3 is 14.4 Å². The largest absolute Gasteiger partial charge is 1.00 e. The predicted octanol–water partition coefficient (Wildman–Crippen LogP) is -8.36. The molecule has 1 N–H and O–H groups in total. The molecule has 0 aromatic rings. The Kier molecular flexibility index (Phi) is 11.0. The van der Waals surface area contributed by atoms with E-state index in [1.807, 2.05) is 0 Å². The molecule has 0 fully saturated rings. The van der Waals surface area contributed by atoms with Crippen LogP contribution in [-0.4, -0.2) is 13.0 Å². The summed E-state index contributed by atoms with van der Waals surface area (Å²) >= 11 is 0. The number of hydrogen-bond acceptors (Lipinski definition) is 6. The van der Waals surface area contributed by atoms with Crippen molar-refractivity contribution in [1.82, 2.24) is 0 Å². The molecule has 11 heteroatoms. The van der Waals surface area contributed by atoms with Gasteiger partial charge in [-0.2, -0.15) is 8.42 Å². The molecule has 0 aromatic carbocycles. The van der Waals surface area contributed by atoms with Crippen LogP contribution in [0, 0.1) is 0 Å². The molecule has 7 nitrogen and oxygen atoms in total. The molecule has 0 aliphatic heterocycles. The Morgan fingerprint density at radius 1 is 1.27 bits per heavy atom.